The maximum atomic E-state index is 13.6. The standard InChI is InChI=1S/C14H18F2OS/c1-14(2,3)18(17)8-9-4-5-11-12(9)6-10(15)7-13(11)16/h6-7,9H,4-5,8H2,1-3H3/t9?,18-/m0/s1. The fourth-order valence-corrected chi connectivity index (χ4v) is 3.54. The Labute approximate surface area is 109 Å². The van der Waals surface area contributed by atoms with Crippen LogP contribution < -0.4 is 0 Å². The van der Waals surface area contributed by atoms with Gasteiger partial charge in [-0.05, 0) is 56.7 Å². The Bertz CT molecular complexity index is 491. The molecular formula is C14H18F2OS. The van der Waals surface area contributed by atoms with Crippen LogP contribution in [0.5, 0.6) is 0 Å². The molecule has 1 aliphatic rings. The van der Waals surface area contributed by atoms with Crippen LogP contribution in [0.25, 0.3) is 0 Å². The summed E-state index contributed by atoms with van der Waals surface area (Å²) in [6.07, 6.45) is 1.38. The summed E-state index contributed by atoms with van der Waals surface area (Å²) in [5.41, 5.74) is 1.32. The van der Waals surface area contributed by atoms with Crippen LogP contribution in [0.1, 0.15) is 44.2 Å². The van der Waals surface area contributed by atoms with Gasteiger partial charge in [-0.25, -0.2) is 8.78 Å². The number of hydrogen-bond donors (Lipinski definition) is 0. The van der Waals surface area contributed by atoms with Crippen molar-refractivity contribution in [2.24, 2.45) is 0 Å². The molecule has 2 rings (SSSR count). The molecule has 0 amide bonds. The van der Waals surface area contributed by atoms with Crippen molar-refractivity contribution in [1.82, 2.24) is 0 Å². The van der Waals surface area contributed by atoms with E-state index in [1.165, 1.54) is 6.07 Å². The third-order valence-electron chi connectivity index (χ3n) is 3.41. The molecule has 18 heavy (non-hydrogen) atoms. The quantitative estimate of drug-likeness (QED) is 0.804. The van der Waals surface area contributed by atoms with Crippen LogP contribution in [0.2, 0.25) is 0 Å². The van der Waals surface area contributed by atoms with E-state index in [1.807, 2.05) is 20.8 Å². The van der Waals surface area contributed by atoms with Gasteiger partial charge in [-0.3, -0.25) is 4.21 Å². The molecule has 0 saturated heterocycles. The lowest BCUT2D eigenvalue weighted by molar-refractivity contribution is 0.573. The summed E-state index contributed by atoms with van der Waals surface area (Å²) in [4.78, 5) is 0. The molecule has 0 heterocycles. The molecule has 0 saturated carbocycles. The van der Waals surface area contributed by atoms with Crippen LogP contribution in [-0.2, 0) is 17.2 Å². The second-order valence-corrected chi connectivity index (χ2v) is 8.06. The normalized spacial score (nSPS) is 20.8. The van der Waals surface area contributed by atoms with E-state index in [0.717, 1.165) is 12.5 Å². The van der Waals surface area contributed by atoms with E-state index >= 15 is 0 Å². The van der Waals surface area contributed by atoms with Gasteiger partial charge in [0.15, 0.2) is 0 Å². The minimum absolute atomic E-state index is 0.0188. The maximum absolute atomic E-state index is 13.6. The number of benzene rings is 1. The van der Waals surface area contributed by atoms with Crippen LogP contribution in [0, 0.1) is 11.6 Å². The summed E-state index contributed by atoms with van der Waals surface area (Å²) >= 11 is 0. The Hall–Kier alpha value is -0.770. The highest BCUT2D eigenvalue weighted by atomic mass is 32.2. The van der Waals surface area contributed by atoms with Gasteiger partial charge >= 0.3 is 0 Å². The van der Waals surface area contributed by atoms with Gasteiger partial charge < -0.3 is 0 Å². The number of fused-ring (bicyclic) bond motifs is 1. The summed E-state index contributed by atoms with van der Waals surface area (Å²) in [5, 5.41) is 0. The predicted molar refractivity (Wildman–Crippen MR) is 70.2 cm³/mol. The fourth-order valence-electron chi connectivity index (χ4n) is 2.33. The zero-order chi connectivity index (χ0) is 13.5. The molecule has 0 aliphatic heterocycles. The molecule has 0 fully saturated rings. The average Bonchev–Trinajstić information content (AvgIpc) is 2.60. The molecule has 1 aromatic rings. The topological polar surface area (TPSA) is 17.1 Å². The van der Waals surface area contributed by atoms with E-state index in [4.69, 9.17) is 0 Å². The van der Waals surface area contributed by atoms with Gasteiger partial charge in [0, 0.05) is 27.4 Å². The predicted octanol–water partition coefficient (Wildman–Crippen LogP) is 3.54. The summed E-state index contributed by atoms with van der Waals surface area (Å²) < 4.78 is 38.7. The molecule has 0 spiro atoms. The molecule has 1 unspecified atom stereocenters. The van der Waals surface area contributed by atoms with Crippen LogP contribution in [0.3, 0.4) is 0 Å². The number of halogens is 2. The van der Waals surface area contributed by atoms with Gasteiger partial charge in [0.05, 0.1) is 0 Å². The van der Waals surface area contributed by atoms with E-state index in [9.17, 15) is 13.0 Å². The summed E-state index contributed by atoms with van der Waals surface area (Å²) in [5.74, 6) is -0.502. The largest absolute Gasteiger partial charge is 0.259 e. The summed E-state index contributed by atoms with van der Waals surface area (Å²) in [7, 11) is -0.993. The first-order chi connectivity index (χ1) is 8.29. The molecule has 0 radical (unpaired) electrons. The van der Waals surface area contributed by atoms with Crippen LogP contribution >= 0.6 is 0 Å². The third-order valence-corrected chi connectivity index (χ3v) is 5.48. The Balaban J connectivity index is 2.25. The molecule has 1 nitrogen and oxygen atoms in total. The second kappa shape index (κ2) is 4.72. The van der Waals surface area contributed by atoms with Gasteiger partial charge in [0.2, 0.25) is 0 Å². The molecule has 100 valence electrons. The first-order valence-corrected chi connectivity index (χ1v) is 7.47. The highest BCUT2D eigenvalue weighted by Crippen LogP contribution is 2.36. The molecule has 0 aromatic heterocycles. The lowest BCUT2D eigenvalue weighted by Crippen LogP contribution is -2.26. The SMILES string of the molecule is CC(C)(C)[S@@](=O)CC1CCc2c(F)cc(F)cc21. The Morgan fingerprint density at radius 3 is 2.61 bits per heavy atom. The average molecular weight is 272 g/mol. The lowest BCUT2D eigenvalue weighted by atomic mass is 10.0. The van der Waals surface area contributed by atoms with Crippen molar-refractivity contribution in [3.05, 3.63) is 34.9 Å². The highest BCUT2D eigenvalue weighted by Gasteiger charge is 2.30. The lowest BCUT2D eigenvalue weighted by Gasteiger charge is -2.21. The van der Waals surface area contributed by atoms with E-state index in [0.29, 0.717) is 23.3 Å². The van der Waals surface area contributed by atoms with E-state index in [1.54, 1.807) is 0 Å². The molecule has 1 aliphatic carbocycles. The second-order valence-electron chi connectivity index (χ2n) is 5.82. The Morgan fingerprint density at radius 2 is 2.00 bits per heavy atom. The third kappa shape index (κ3) is 2.63. The molecule has 1 aromatic carbocycles. The number of hydrogen-bond acceptors (Lipinski definition) is 1. The first-order valence-electron chi connectivity index (χ1n) is 6.15. The Kier molecular flexibility index (Phi) is 3.58. The van der Waals surface area contributed by atoms with E-state index in [2.05, 4.69) is 0 Å². The monoisotopic (exact) mass is 272 g/mol. The van der Waals surface area contributed by atoms with Gasteiger partial charge in [-0.2, -0.15) is 0 Å². The molecule has 2 atom stereocenters. The minimum atomic E-state index is -0.993. The van der Waals surface area contributed by atoms with Crippen molar-refractivity contribution in [2.75, 3.05) is 5.75 Å². The zero-order valence-electron chi connectivity index (χ0n) is 10.9. The van der Waals surface area contributed by atoms with E-state index < -0.39 is 22.4 Å². The number of rotatable bonds is 2. The summed E-state index contributed by atoms with van der Waals surface area (Å²) in [6.45, 7) is 5.77. The van der Waals surface area contributed by atoms with Gasteiger partial charge in [-0.1, -0.05) is 0 Å². The van der Waals surface area contributed by atoms with Crippen molar-refractivity contribution >= 4 is 10.8 Å². The van der Waals surface area contributed by atoms with Crippen LogP contribution in [0.4, 0.5) is 8.78 Å². The summed E-state index contributed by atoms with van der Waals surface area (Å²) in [6, 6.07) is 2.33. The van der Waals surface area contributed by atoms with Crippen LogP contribution in [-0.4, -0.2) is 14.7 Å². The van der Waals surface area contributed by atoms with Crippen molar-refractivity contribution in [3.63, 3.8) is 0 Å². The molecular weight excluding hydrogens is 254 g/mol. The van der Waals surface area contributed by atoms with Gasteiger partial charge in [-0.15, -0.1) is 0 Å². The minimum Gasteiger partial charge on any atom is -0.259 e. The molecule has 0 bridgehead atoms. The van der Waals surface area contributed by atoms with Crippen molar-refractivity contribution in [3.8, 4) is 0 Å². The zero-order valence-corrected chi connectivity index (χ0v) is 11.7. The van der Waals surface area contributed by atoms with Crippen molar-refractivity contribution in [2.45, 2.75) is 44.3 Å². The molecule has 0 N–H and O–H groups in total. The van der Waals surface area contributed by atoms with Gasteiger partial charge in [0.25, 0.3) is 0 Å². The first kappa shape index (κ1) is 13.7. The fraction of sp³-hybridized carbons (Fsp3) is 0.571. The Morgan fingerprint density at radius 1 is 1.33 bits per heavy atom. The van der Waals surface area contributed by atoms with E-state index in [-0.39, 0.29) is 10.7 Å². The molecule has 4 heteroatoms. The van der Waals surface area contributed by atoms with Gasteiger partial charge in [0.1, 0.15) is 11.6 Å². The highest BCUT2D eigenvalue weighted by molar-refractivity contribution is 7.86. The van der Waals surface area contributed by atoms with Crippen molar-refractivity contribution < 1.29 is 13.0 Å². The smallest absolute Gasteiger partial charge is 0.129 e. The van der Waals surface area contributed by atoms with Crippen LogP contribution in [0.15, 0.2) is 12.1 Å². The maximum Gasteiger partial charge on any atom is 0.129 e. The van der Waals surface area contributed by atoms with Crippen molar-refractivity contribution in [1.29, 1.82) is 0 Å².